The summed E-state index contributed by atoms with van der Waals surface area (Å²) in [6.07, 6.45) is 5.10. The number of amides is 3. The molecule has 3 aliphatic rings. The fourth-order valence-electron chi connectivity index (χ4n) is 5.16. The largest absolute Gasteiger partial charge is 0.396 e. The first-order valence-electron chi connectivity index (χ1n) is 11.4. The van der Waals surface area contributed by atoms with Crippen LogP contribution in [0, 0.1) is 23.7 Å². The minimum atomic E-state index is -0.657. The Labute approximate surface area is 184 Å². The van der Waals surface area contributed by atoms with Gasteiger partial charge in [-0.3, -0.25) is 19.3 Å². The molecule has 2 aliphatic heterocycles. The van der Waals surface area contributed by atoms with E-state index in [0.717, 1.165) is 26.1 Å². The monoisotopic (exact) mass is 436 g/mol. The van der Waals surface area contributed by atoms with Crippen molar-refractivity contribution in [2.24, 2.45) is 23.7 Å². The summed E-state index contributed by atoms with van der Waals surface area (Å²) >= 11 is 0. The zero-order valence-electron chi connectivity index (χ0n) is 18.6. The van der Waals surface area contributed by atoms with Crippen molar-refractivity contribution in [3.8, 4) is 0 Å². The second kappa shape index (κ2) is 11.1. The average molecular weight is 437 g/mol. The van der Waals surface area contributed by atoms with E-state index in [-0.39, 0.29) is 36.2 Å². The van der Waals surface area contributed by atoms with Gasteiger partial charge in [-0.1, -0.05) is 19.1 Å². The zero-order chi connectivity index (χ0) is 22.4. The minimum absolute atomic E-state index is 0.0343. The highest BCUT2D eigenvalue weighted by Gasteiger charge is 2.56. The lowest BCUT2D eigenvalue weighted by atomic mass is 9.69. The third kappa shape index (κ3) is 5.10. The van der Waals surface area contributed by atoms with Gasteiger partial charge in [-0.05, 0) is 18.8 Å². The van der Waals surface area contributed by atoms with Gasteiger partial charge in [-0.15, -0.1) is 0 Å². The predicted molar refractivity (Wildman–Crippen MR) is 115 cm³/mol. The number of hydrogen-bond acceptors (Lipinski definition) is 6. The predicted octanol–water partition coefficient (Wildman–Crippen LogP) is -0.781. The van der Waals surface area contributed by atoms with Crippen molar-refractivity contribution < 1.29 is 24.2 Å². The third-order valence-electron chi connectivity index (χ3n) is 6.79. The number of allylic oxidation sites excluding steroid dienone is 1. The number of carbonyl (C=O) groups is 3. The van der Waals surface area contributed by atoms with Crippen LogP contribution >= 0.6 is 0 Å². The SMILES string of the molecule is CC[C@@H]1C=C[C@H]2[C@H](C(=O)N(CCCO)[C@@H]2C(=O)NCCN2CCOCC2)[C@@H]1C(=O)NC. The number of nitrogens with one attached hydrogen (secondary N) is 2. The molecular formula is C22H36N4O5. The van der Waals surface area contributed by atoms with Crippen molar-refractivity contribution in [3.63, 3.8) is 0 Å². The van der Waals surface area contributed by atoms with Crippen molar-refractivity contribution in [2.45, 2.75) is 25.8 Å². The molecule has 9 heteroatoms. The molecule has 3 N–H and O–H groups in total. The van der Waals surface area contributed by atoms with Gasteiger partial charge < -0.3 is 25.4 Å². The number of nitrogens with zero attached hydrogens (tertiary/aromatic N) is 2. The maximum absolute atomic E-state index is 13.4. The number of aliphatic hydroxyl groups excluding tert-OH is 1. The number of fused-ring (bicyclic) bond motifs is 1. The number of rotatable bonds is 9. The number of likely N-dealkylation sites (tertiary alicyclic amines) is 1. The molecule has 0 bridgehead atoms. The van der Waals surface area contributed by atoms with Crippen LogP contribution in [-0.4, -0.2) is 98.3 Å². The molecule has 174 valence electrons. The molecule has 0 unspecified atom stereocenters. The maximum Gasteiger partial charge on any atom is 0.243 e. The molecule has 0 radical (unpaired) electrons. The molecule has 2 heterocycles. The lowest BCUT2D eigenvalue weighted by Gasteiger charge is -2.34. The van der Waals surface area contributed by atoms with Gasteiger partial charge in [0.2, 0.25) is 17.7 Å². The smallest absolute Gasteiger partial charge is 0.243 e. The Morgan fingerprint density at radius 1 is 1.19 bits per heavy atom. The molecule has 0 aromatic rings. The molecule has 0 spiro atoms. The van der Waals surface area contributed by atoms with Crippen LogP contribution in [-0.2, 0) is 19.1 Å². The number of hydrogen-bond donors (Lipinski definition) is 3. The van der Waals surface area contributed by atoms with Gasteiger partial charge >= 0.3 is 0 Å². The fourth-order valence-corrected chi connectivity index (χ4v) is 5.16. The molecular weight excluding hydrogens is 400 g/mol. The van der Waals surface area contributed by atoms with E-state index in [4.69, 9.17) is 4.74 Å². The zero-order valence-corrected chi connectivity index (χ0v) is 18.6. The second-order valence-electron chi connectivity index (χ2n) is 8.50. The molecule has 5 atom stereocenters. The van der Waals surface area contributed by atoms with E-state index in [0.29, 0.717) is 32.7 Å². The molecule has 31 heavy (non-hydrogen) atoms. The number of aliphatic hydroxyl groups is 1. The van der Waals surface area contributed by atoms with Crippen LogP contribution in [0.2, 0.25) is 0 Å². The van der Waals surface area contributed by atoms with Crippen LogP contribution in [0.4, 0.5) is 0 Å². The Bertz CT molecular complexity index is 679. The topological polar surface area (TPSA) is 111 Å². The lowest BCUT2D eigenvalue weighted by molar-refractivity contribution is -0.140. The molecule has 1 aliphatic carbocycles. The second-order valence-corrected chi connectivity index (χ2v) is 8.50. The molecule has 9 nitrogen and oxygen atoms in total. The van der Waals surface area contributed by atoms with Gasteiger partial charge in [0.25, 0.3) is 0 Å². The molecule has 3 rings (SSSR count). The van der Waals surface area contributed by atoms with E-state index in [1.807, 2.05) is 19.1 Å². The molecule has 0 aromatic carbocycles. The highest BCUT2D eigenvalue weighted by atomic mass is 16.5. The van der Waals surface area contributed by atoms with E-state index in [2.05, 4.69) is 15.5 Å². The Hall–Kier alpha value is -1.97. The first-order valence-corrected chi connectivity index (χ1v) is 11.4. The Morgan fingerprint density at radius 2 is 1.94 bits per heavy atom. The Kier molecular flexibility index (Phi) is 8.45. The van der Waals surface area contributed by atoms with Crippen molar-refractivity contribution in [2.75, 3.05) is 59.6 Å². The van der Waals surface area contributed by atoms with Crippen LogP contribution in [0.25, 0.3) is 0 Å². The van der Waals surface area contributed by atoms with Gasteiger partial charge in [0, 0.05) is 52.3 Å². The summed E-state index contributed by atoms with van der Waals surface area (Å²) in [6, 6.07) is -0.657. The Morgan fingerprint density at radius 3 is 2.58 bits per heavy atom. The fraction of sp³-hybridized carbons (Fsp3) is 0.773. The first kappa shape index (κ1) is 23.7. The number of morpholine rings is 1. The molecule has 3 amide bonds. The standard InChI is InChI=1S/C22H36N4O5/c1-3-15-5-6-16-18(17(15)20(28)23-2)22(30)26(8-4-12-27)19(16)21(29)24-7-9-25-10-13-31-14-11-25/h5-6,15-19,27H,3-4,7-14H2,1-2H3,(H,23,28)(H,24,29)/t15-,16+,17-,18+,19+/m1/s1. The summed E-state index contributed by atoms with van der Waals surface area (Å²) in [5.41, 5.74) is 0. The van der Waals surface area contributed by atoms with E-state index in [9.17, 15) is 19.5 Å². The van der Waals surface area contributed by atoms with E-state index in [1.165, 1.54) is 0 Å². The van der Waals surface area contributed by atoms with Gasteiger partial charge in [0.1, 0.15) is 6.04 Å². The highest BCUT2D eigenvalue weighted by Crippen LogP contribution is 2.44. The molecule has 0 aromatic heterocycles. The quantitative estimate of drug-likeness (QED) is 0.409. The van der Waals surface area contributed by atoms with Crippen LogP contribution in [0.3, 0.4) is 0 Å². The van der Waals surface area contributed by atoms with E-state index in [1.54, 1.807) is 11.9 Å². The number of ether oxygens (including phenoxy) is 1. The van der Waals surface area contributed by atoms with Crippen LogP contribution in [0.15, 0.2) is 12.2 Å². The van der Waals surface area contributed by atoms with Crippen LogP contribution in [0.5, 0.6) is 0 Å². The summed E-state index contributed by atoms with van der Waals surface area (Å²) in [6.45, 7) is 6.57. The van der Waals surface area contributed by atoms with Gasteiger partial charge in [-0.2, -0.15) is 0 Å². The van der Waals surface area contributed by atoms with Gasteiger partial charge in [0.15, 0.2) is 0 Å². The normalized spacial score (nSPS) is 30.9. The first-order chi connectivity index (χ1) is 15.0. The molecule has 2 fully saturated rings. The molecule has 0 saturated carbocycles. The van der Waals surface area contributed by atoms with Crippen LogP contribution < -0.4 is 10.6 Å². The molecule has 2 saturated heterocycles. The van der Waals surface area contributed by atoms with Crippen molar-refractivity contribution in [3.05, 3.63) is 12.2 Å². The van der Waals surface area contributed by atoms with E-state index >= 15 is 0 Å². The van der Waals surface area contributed by atoms with Gasteiger partial charge in [-0.25, -0.2) is 0 Å². The summed E-state index contributed by atoms with van der Waals surface area (Å²) < 4.78 is 5.35. The summed E-state index contributed by atoms with van der Waals surface area (Å²) in [4.78, 5) is 43.1. The van der Waals surface area contributed by atoms with E-state index < -0.39 is 17.9 Å². The Balaban J connectivity index is 1.76. The number of carbonyl (C=O) groups excluding carboxylic acids is 3. The van der Waals surface area contributed by atoms with Crippen molar-refractivity contribution >= 4 is 17.7 Å². The van der Waals surface area contributed by atoms with Crippen molar-refractivity contribution in [1.29, 1.82) is 0 Å². The summed E-state index contributed by atoms with van der Waals surface area (Å²) in [7, 11) is 1.58. The average Bonchev–Trinajstić information content (AvgIpc) is 3.08. The lowest BCUT2D eigenvalue weighted by Crippen LogP contribution is -2.49. The third-order valence-corrected chi connectivity index (χ3v) is 6.79. The maximum atomic E-state index is 13.4. The highest BCUT2D eigenvalue weighted by molar-refractivity contribution is 5.96. The minimum Gasteiger partial charge on any atom is -0.396 e. The van der Waals surface area contributed by atoms with Crippen LogP contribution in [0.1, 0.15) is 19.8 Å². The van der Waals surface area contributed by atoms with Gasteiger partial charge in [0.05, 0.1) is 25.0 Å². The summed E-state index contributed by atoms with van der Waals surface area (Å²) in [5.74, 6) is -1.93. The summed E-state index contributed by atoms with van der Waals surface area (Å²) in [5, 5.41) is 15.0. The van der Waals surface area contributed by atoms with Crippen molar-refractivity contribution in [1.82, 2.24) is 20.4 Å².